The number of aliphatic hydroxyl groups excluding tert-OH is 2. The molecule has 0 heterocycles. The summed E-state index contributed by atoms with van der Waals surface area (Å²) in [5.74, 6) is -0.947. The molecule has 0 unspecified atom stereocenters. The van der Waals surface area contributed by atoms with Crippen molar-refractivity contribution in [3.05, 3.63) is 70.0 Å². The molecule has 5 nitrogen and oxygen atoms in total. The maximum absolute atomic E-state index is 14.4. The van der Waals surface area contributed by atoms with Crippen molar-refractivity contribution in [2.45, 2.75) is 52.1 Å². The minimum atomic E-state index is -1.17. The van der Waals surface area contributed by atoms with Crippen molar-refractivity contribution in [1.29, 1.82) is 0 Å². The second-order valence-electron chi connectivity index (χ2n) is 8.03. The molecule has 0 aliphatic heterocycles. The normalized spacial score (nSPS) is 23.5. The SMILES string of the molecule is CC(C)=Cc1ccc(O[C@@H]2C[C@H](C(C)=NOCc3cccc(Cl)c3)[C@@H](O)[C@H]2O)c(F)c1. The van der Waals surface area contributed by atoms with Gasteiger partial charge in [0.1, 0.15) is 18.8 Å². The van der Waals surface area contributed by atoms with Gasteiger partial charge in [-0.15, -0.1) is 0 Å². The van der Waals surface area contributed by atoms with Crippen molar-refractivity contribution in [2.75, 3.05) is 0 Å². The molecular formula is C24H27ClFNO4. The predicted molar refractivity (Wildman–Crippen MR) is 120 cm³/mol. The van der Waals surface area contributed by atoms with E-state index in [0.29, 0.717) is 10.7 Å². The lowest BCUT2D eigenvalue weighted by molar-refractivity contribution is -0.0142. The molecule has 4 atom stereocenters. The Bertz CT molecular complexity index is 974. The zero-order chi connectivity index (χ0) is 22.5. The van der Waals surface area contributed by atoms with E-state index in [1.807, 2.05) is 32.1 Å². The summed E-state index contributed by atoms with van der Waals surface area (Å²) < 4.78 is 20.1. The molecule has 0 aromatic heterocycles. The lowest BCUT2D eigenvalue weighted by atomic mass is 10.0. The molecule has 1 saturated carbocycles. The Balaban J connectivity index is 1.63. The Morgan fingerprint density at radius 1 is 1.16 bits per heavy atom. The lowest BCUT2D eigenvalue weighted by Gasteiger charge is -2.19. The van der Waals surface area contributed by atoms with Crippen LogP contribution in [0.25, 0.3) is 6.08 Å². The summed E-state index contributed by atoms with van der Waals surface area (Å²) in [5, 5.41) is 25.6. The van der Waals surface area contributed by atoms with Crippen molar-refractivity contribution >= 4 is 23.4 Å². The van der Waals surface area contributed by atoms with Gasteiger partial charge in [-0.3, -0.25) is 0 Å². The number of rotatable bonds is 7. The fourth-order valence-corrected chi connectivity index (χ4v) is 3.84. The molecule has 2 N–H and O–H groups in total. The van der Waals surface area contributed by atoms with Gasteiger partial charge in [0.2, 0.25) is 0 Å². The summed E-state index contributed by atoms with van der Waals surface area (Å²) in [4.78, 5) is 5.38. The molecule has 166 valence electrons. The number of aliphatic hydroxyl groups is 2. The largest absolute Gasteiger partial charge is 0.485 e. The van der Waals surface area contributed by atoms with E-state index in [1.54, 1.807) is 25.1 Å². The average molecular weight is 448 g/mol. The fraction of sp³-hybridized carbons (Fsp3) is 0.375. The molecule has 0 saturated heterocycles. The maximum atomic E-state index is 14.4. The van der Waals surface area contributed by atoms with Crippen LogP contribution in [-0.4, -0.2) is 34.2 Å². The topological polar surface area (TPSA) is 71.3 Å². The summed E-state index contributed by atoms with van der Waals surface area (Å²) in [6.45, 7) is 5.81. The van der Waals surface area contributed by atoms with E-state index in [0.717, 1.165) is 16.7 Å². The first-order chi connectivity index (χ1) is 14.7. The first-order valence-corrected chi connectivity index (χ1v) is 10.5. The second kappa shape index (κ2) is 10.3. The number of hydrogen-bond donors (Lipinski definition) is 2. The van der Waals surface area contributed by atoms with Gasteiger partial charge >= 0.3 is 0 Å². The molecule has 1 aliphatic rings. The monoisotopic (exact) mass is 447 g/mol. The molecule has 0 amide bonds. The van der Waals surface area contributed by atoms with Crippen LogP contribution in [0.15, 0.2) is 53.2 Å². The number of nitrogens with zero attached hydrogens (tertiary/aromatic N) is 1. The molecule has 2 aromatic rings. The minimum Gasteiger partial charge on any atom is -0.485 e. The number of oxime groups is 1. The molecule has 0 bridgehead atoms. The summed E-state index contributed by atoms with van der Waals surface area (Å²) in [6, 6.07) is 11.9. The van der Waals surface area contributed by atoms with Crippen molar-refractivity contribution < 1.29 is 24.2 Å². The predicted octanol–water partition coefficient (Wildman–Crippen LogP) is 4.98. The molecule has 3 rings (SSSR count). The standard InChI is InChI=1S/C24H27ClFNO4/c1-14(2)9-16-7-8-21(20(26)11-16)31-22-12-19(23(28)24(22)29)15(3)27-30-13-17-5-4-6-18(25)10-17/h4-11,19,22-24,28-29H,12-13H2,1-3H3/t19-,22-,23-,24+/m1/s1. The molecule has 7 heteroatoms. The van der Waals surface area contributed by atoms with Crippen LogP contribution >= 0.6 is 11.6 Å². The Hall–Kier alpha value is -2.41. The van der Waals surface area contributed by atoms with E-state index >= 15 is 0 Å². The number of hydrogen-bond acceptors (Lipinski definition) is 5. The van der Waals surface area contributed by atoms with E-state index in [1.165, 1.54) is 12.1 Å². The van der Waals surface area contributed by atoms with Crippen molar-refractivity contribution in [3.8, 4) is 5.75 Å². The van der Waals surface area contributed by atoms with Crippen LogP contribution in [0, 0.1) is 11.7 Å². The fourth-order valence-electron chi connectivity index (χ4n) is 3.62. The van der Waals surface area contributed by atoms with Crippen LogP contribution < -0.4 is 4.74 Å². The van der Waals surface area contributed by atoms with Crippen molar-refractivity contribution in [1.82, 2.24) is 0 Å². The summed E-state index contributed by atoms with van der Waals surface area (Å²) in [6.07, 6.45) is -0.869. The molecular weight excluding hydrogens is 421 g/mol. The third-order valence-corrected chi connectivity index (χ3v) is 5.42. The van der Waals surface area contributed by atoms with Gasteiger partial charge in [0.15, 0.2) is 11.6 Å². The molecule has 1 fully saturated rings. The van der Waals surface area contributed by atoms with Crippen molar-refractivity contribution in [3.63, 3.8) is 0 Å². The smallest absolute Gasteiger partial charge is 0.165 e. The number of benzene rings is 2. The van der Waals surface area contributed by atoms with Crippen LogP contribution in [0.3, 0.4) is 0 Å². The number of halogens is 2. The van der Waals surface area contributed by atoms with E-state index in [-0.39, 0.29) is 18.8 Å². The summed E-state index contributed by atoms with van der Waals surface area (Å²) >= 11 is 5.95. The van der Waals surface area contributed by atoms with E-state index in [9.17, 15) is 14.6 Å². The second-order valence-corrected chi connectivity index (χ2v) is 8.46. The van der Waals surface area contributed by atoms with Crippen molar-refractivity contribution in [2.24, 2.45) is 11.1 Å². The van der Waals surface area contributed by atoms with Gasteiger partial charge in [0, 0.05) is 10.9 Å². The van der Waals surface area contributed by atoms with E-state index < -0.39 is 30.0 Å². The highest BCUT2D eigenvalue weighted by Gasteiger charge is 2.44. The van der Waals surface area contributed by atoms with Gasteiger partial charge in [-0.05, 0) is 62.6 Å². The highest BCUT2D eigenvalue weighted by atomic mass is 35.5. The number of allylic oxidation sites excluding steroid dienone is 1. The van der Waals surface area contributed by atoms with Gasteiger partial charge in [-0.2, -0.15) is 0 Å². The lowest BCUT2D eigenvalue weighted by Crippen LogP contribution is -2.35. The van der Waals surface area contributed by atoms with Gasteiger partial charge in [0.05, 0.1) is 11.8 Å². The maximum Gasteiger partial charge on any atom is 0.165 e. The Kier molecular flexibility index (Phi) is 7.70. The van der Waals surface area contributed by atoms with Crippen LogP contribution in [0.1, 0.15) is 38.3 Å². The Morgan fingerprint density at radius 3 is 2.61 bits per heavy atom. The number of ether oxygens (including phenoxy) is 1. The van der Waals surface area contributed by atoms with E-state index in [2.05, 4.69) is 5.16 Å². The molecule has 31 heavy (non-hydrogen) atoms. The molecule has 0 radical (unpaired) electrons. The zero-order valence-corrected chi connectivity index (χ0v) is 18.5. The summed E-state index contributed by atoms with van der Waals surface area (Å²) in [5.41, 5.74) is 3.18. The quantitative estimate of drug-likeness (QED) is 0.463. The highest BCUT2D eigenvalue weighted by molar-refractivity contribution is 6.30. The van der Waals surface area contributed by atoms with Gasteiger partial charge in [0.25, 0.3) is 0 Å². The molecule has 0 spiro atoms. The van der Waals surface area contributed by atoms with Crippen LogP contribution in [0.4, 0.5) is 4.39 Å². The zero-order valence-electron chi connectivity index (χ0n) is 17.8. The first kappa shape index (κ1) is 23.3. The average Bonchev–Trinajstić information content (AvgIpc) is 2.98. The van der Waals surface area contributed by atoms with E-state index in [4.69, 9.17) is 21.2 Å². The third-order valence-electron chi connectivity index (χ3n) is 5.18. The van der Waals surface area contributed by atoms with Gasteiger partial charge in [-0.1, -0.05) is 46.6 Å². The van der Waals surface area contributed by atoms with Crippen LogP contribution in [0.2, 0.25) is 5.02 Å². The van der Waals surface area contributed by atoms with Gasteiger partial charge < -0.3 is 19.8 Å². The minimum absolute atomic E-state index is 0.0367. The Labute approximate surface area is 186 Å². The molecule has 1 aliphatic carbocycles. The first-order valence-electron chi connectivity index (χ1n) is 10.1. The Morgan fingerprint density at radius 2 is 1.94 bits per heavy atom. The van der Waals surface area contributed by atoms with Crippen LogP contribution in [-0.2, 0) is 11.4 Å². The van der Waals surface area contributed by atoms with Gasteiger partial charge in [-0.25, -0.2) is 4.39 Å². The summed E-state index contributed by atoms with van der Waals surface area (Å²) in [7, 11) is 0. The molecule has 2 aromatic carbocycles. The highest BCUT2D eigenvalue weighted by Crippen LogP contribution is 2.32. The third kappa shape index (κ3) is 6.06. The van der Waals surface area contributed by atoms with Crippen LogP contribution in [0.5, 0.6) is 5.75 Å².